The minimum absolute atomic E-state index is 0.126. The van der Waals surface area contributed by atoms with Crippen molar-refractivity contribution >= 4 is 0 Å². The maximum absolute atomic E-state index is 6.29. The number of hydrogen-bond acceptors (Lipinski definition) is 1. The van der Waals surface area contributed by atoms with Crippen molar-refractivity contribution in [3.63, 3.8) is 0 Å². The van der Waals surface area contributed by atoms with Gasteiger partial charge in [-0.1, -0.05) is 48.0 Å². The van der Waals surface area contributed by atoms with E-state index in [0.29, 0.717) is 0 Å². The molecular formula is C18H23N. The SMILES string of the molecule is Cc1ccc(CCC(N)c2ccc(C)c(C)c2)cc1. The van der Waals surface area contributed by atoms with Crippen LogP contribution in [0, 0.1) is 20.8 Å². The van der Waals surface area contributed by atoms with Gasteiger partial charge in [-0.3, -0.25) is 0 Å². The second-order valence-corrected chi connectivity index (χ2v) is 5.47. The largest absolute Gasteiger partial charge is 0.324 e. The van der Waals surface area contributed by atoms with Gasteiger partial charge in [0.2, 0.25) is 0 Å². The van der Waals surface area contributed by atoms with Gasteiger partial charge in [-0.25, -0.2) is 0 Å². The molecule has 0 amide bonds. The normalized spacial score (nSPS) is 12.4. The summed E-state index contributed by atoms with van der Waals surface area (Å²) in [6.07, 6.45) is 2.03. The minimum atomic E-state index is 0.126. The first-order chi connectivity index (χ1) is 9.06. The molecule has 0 aromatic heterocycles. The Bertz CT molecular complexity index is 540. The van der Waals surface area contributed by atoms with Gasteiger partial charge in [-0.2, -0.15) is 0 Å². The highest BCUT2D eigenvalue weighted by atomic mass is 14.6. The van der Waals surface area contributed by atoms with E-state index in [1.807, 2.05) is 0 Å². The van der Waals surface area contributed by atoms with E-state index in [0.717, 1.165) is 12.8 Å². The quantitative estimate of drug-likeness (QED) is 0.866. The van der Waals surface area contributed by atoms with Gasteiger partial charge in [0.25, 0.3) is 0 Å². The zero-order valence-electron chi connectivity index (χ0n) is 12.1. The summed E-state index contributed by atoms with van der Waals surface area (Å²) in [7, 11) is 0. The Morgan fingerprint density at radius 3 is 2.21 bits per heavy atom. The Morgan fingerprint density at radius 1 is 0.895 bits per heavy atom. The highest BCUT2D eigenvalue weighted by Crippen LogP contribution is 2.19. The average molecular weight is 253 g/mol. The molecule has 0 bridgehead atoms. The molecule has 0 fully saturated rings. The van der Waals surface area contributed by atoms with Crippen molar-refractivity contribution in [2.75, 3.05) is 0 Å². The molecule has 0 saturated carbocycles. The molecule has 0 spiro atoms. The van der Waals surface area contributed by atoms with Gasteiger partial charge in [0, 0.05) is 6.04 Å². The van der Waals surface area contributed by atoms with Gasteiger partial charge in [-0.05, 0) is 55.9 Å². The van der Waals surface area contributed by atoms with E-state index in [-0.39, 0.29) is 6.04 Å². The highest BCUT2D eigenvalue weighted by molar-refractivity contribution is 5.31. The molecule has 0 radical (unpaired) electrons. The number of aryl methyl sites for hydroxylation is 4. The predicted molar refractivity (Wildman–Crippen MR) is 82.3 cm³/mol. The molecule has 1 unspecified atom stereocenters. The standard InChI is InChI=1S/C18H23N/c1-13-4-7-16(8-5-13)9-11-18(19)17-10-6-14(2)15(3)12-17/h4-8,10,12,18H,9,11,19H2,1-3H3. The summed E-state index contributed by atoms with van der Waals surface area (Å²) < 4.78 is 0. The second kappa shape index (κ2) is 6.03. The minimum Gasteiger partial charge on any atom is -0.324 e. The van der Waals surface area contributed by atoms with Crippen molar-refractivity contribution in [3.05, 3.63) is 70.3 Å². The molecule has 0 heterocycles. The zero-order valence-corrected chi connectivity index (χ0v) is 12.1. The predicted octanol–water partition coefficient (Wildman–Crippen LogP) is 4.24. The van der Waals surface area contributed by atoms with Crippen molar-refractivity contribution in [2.45, 2.75) is 39.7 Å². The lowest BCUT2D eigenvalue weighted by atomic mass is 9.96. The van der Waals surface area contributed by atoms with Crippen LogP contribution in [0.5, 0.6) is 0 Å². The van der Waals surface area contributed by atoms with Crippen LogP contribution in [0.3, 0.4) is 0 Å². The van der Waals surface area contributed by atoms with Crippen molar-refractivity contribution in [1.29, 1.82) is 0 Å². The van der Waals surface area contributed by atoms with Crippen molar-refractivity contribution in [2.24, 2.45) is 5.73 Å². The molecule has 0 aliphatic rings. The molecule has 0 aliphatic carbocycles. The third-order valence-electron chi connectivity index (χ3n) is 3.82. The average Bonchev–Trinajstić information content (AvgIpc) is 2.41. The van der Waals surface area contributed by atoms with Gasteiger partial charge in [0.1, 0.15) is 0 Å². The van der Waals surface area contributed by atoms with Crippen LogP contribution in [-0.4, -0.2) is 0 Å². The number of nitrogens with two attached hydrogens (primary N) is 1. The molecule has 2 aromatic carbocycles. The van der Waals surface area contributed by atoms with Crippen molar-refractivity contribution < 1.29 is 0 Å². The van der Waals surface area contributed by atoms with E-state index in [4.69, 9.17) is 5.73 Å². The van der Waals surface area contributed by atoms with Gasteiger partial charge in [0.15, 0.2) is 0 Å². The molecule has 1 nitrogen and oxygen atoms in total. The number of benzene rings is 2. The van der Waals surface area contributed by atoms with Crippen molar-refractivity contribution in [1.82, 2.24) is 0 Å². The van der Waals surface area contributed by atoms with E-state index in [1.165, 1.54) is 27.8 Å². The van der Waals surface area contributed by atoms with Crippen LogP contribution in [0.25, 0.3) is 0 Å². The van der Waals surface area contributed by atoms with E-state index >= 15 is 0 Å². The van der Waals surface area contributed by atoms with E-state index in [1.54, 1.807) is 0 Å². The van der Waals surface area contributed by atoms with Gasteiger partial charge in [-0.15, -0.1) is 0 Å². The van der Waals surface area contributed by atoms with Crippen LogP contribution in [-0.2, 0) is 6.42 Å². The molecule has 100 valence electrons. The first kappa shape index (κ1) is 13.8. The lowest BCUT2D eigenvalue weighted by molar-refractivity contribution is 0.650. The third kappa shape index (κ3) is 3.68. The molecule has 0 aliphatic heterocycles. The van der Waals surface area contributed by atoms with Crippen molar-refractivity contribution in [3.8, 4) is 0 Å². The fraction of sp³-hybridized carbons (Fsp3) is 0.333. The molecule has 19 heavy (non-hydrogen) atoms. The Labute approximate surface area is 116 Å². The van der Waals surface area contributed by atoms with Gasteiger partial charge < -0.3 is 5.73 Å². The van der Waals surface area contributed by atoms with Crippen LogP contribution in [0.4, 0.5) is 0 Å². The van der Waals surface area contributed by atoms with E-state index < -0.39 is 0 Å². The fourth-order valence-electron chi connectivity index (χ4n) is 2.24. The summed E-state index contributed by atoms with van der Waals surface area (Å²) in [5.74, 6) is 0. The summed E-state index contributed by atoms with van der Waals surface area (Å²) in [6, 6.07) is 15.4. The van der Waals surface area contributed by atoms with Gasteiger partial charge >= 0.3 is 0 Å². The first-order valence-electron chi connectivity index (χ1n) is 6.94. The summed E-state index contributed by atoms with van der Waals surface area (Å²) in [4.78, 5) is 0. The molecule has 2 rings (SSSR count). The van der Waals surface area contributed by atoms with Crippen LogP contribution in [0.2, 0.25) is 0 Å². The molecule has 1 heteroatoms. The maximum Gasteiger partial charge on any atom is 0.0298 e. The Morgan fingerprint density at radius 2 is 1.58 bits per heavy atom. The first-order valence-corrected chi connectivity index (χ1v) is 6.94. The molecular weight excluding hydrogens is 230 g/mol. The summed E-state index contributed by atoms with van der Waals surface area (Å²) >= 11 is 0. The summed E-state index contributed by atoms with van der Waals surface area (Å²) in [6.45, 7) is 6.40. The van der Waals surface area contributed by atoms with E-state index in [2.05, 4.69) is 63.2 Å². The zero-order chi connectivity index (χ0) is 13.8. The monoisotopic (exact) mass is 253 g/mol. The molecule has 0 saturated heterocycles. The number of hydrogen-bond donors (Lipinski definition) is 1. The highest BCUT2D eigenvalue weighted by Gasteiger charge is 2.07. The Balaban J connectivity index is 1.98. The van der Waals surface area contributed by atoms with Crippen LogP contribution < -0.4 is 5.73 Å². The van der Waals surface area contributed by atoms with Gasteiger partial charge in [0.05, 0.1) is 0 Å². The lowest BCUT2D eigenvalue weighted by Gasteiger charge is -2.14. The number of rotatable bonds is 4. The van der Waals surface area contributed by atoms with Crippen LogP contribution in [0.1, 0.15) is 40.3 Å². The lowest BCUT2D eigenvalue weighted by Crippen LogP contribution is -2.11. The second-order valence-electron chi connectivity index (χ2n) is 5.47. The molecule has 2 aromatic rings. The molecule has 2 N–H and O–H groups in total. The van der Waals surface area contributed by atoms with Crippen LogP contribution >= 0.6 is 0 Å². The van der Waals surface area contributed by atoms with Crippen LogP contribution in [0.15, 0.2) is 42.5 Å². The smallest absolute Gasteiger partial charge is 0.0298 e. The summed E-state index contributed by atoms with van der Waals surface area (Å²) in [5.41, 5.74) is 12.9. The maximum atomic E-state index is 6.29. The Kier molecular flexibility index (Phi) is 4.39. The molecule has 1 atom stereocenters. The topological polar surface area (TPSA) is 26.0 Å². The van der Waals surface area contributed by atoms with E-state index in [9.17, 15) is 0 Å². The Hall–Kier alpha value is -1.60. The fourth-order valence-corrected chi connectivity index (χ4v) is 2.24. The summed E-state index contributed by atoms with van der Waals surface area (Å²) in [5, 5.41) is 0. The third-order valence-corrected chi connectivity index (χ3v) is 3.82.